The molecule has 0 unspecified atom stereocenters. The van der Waals surface area contributed by atoms with Crippen LogP contribution in [0, 0.1) is 0 Å². The summed E-state index contributed by atoms with van der Waals surface area (Å²) in [6.45, 7) is 4.22. The van der Waals surface area contributed by atoms with Gasteiger partial charge >= 0.3 is 0 Å². The number of allylic oxidation sites excluding steroid dienone is 1. The molecular weight excluding hydrogens is 346 g/mol. The normalized spacial score (nSPS) is 10.5. The summed E-state index contributed by atoms with van der Waals surface area (Å²) in [4.78, 5) is 12.2. The number of amides is 1. The monoisotopic (exact) mass is 371 g/mol. The molecule has 1 N–H and O–H groups in total. The molecule has 0 saturated heterocycles. The van der Waals surface area contributed by atoms with Crippen LogP contribution in [0.25, 0.3) is 6.08 Å². The van der Waals surface area contributed by atoms with E-state index in [1.54, 1.807) is 38.5 Å². The van der Waals surface area contributed by atoms with Crippen molar-refractivity contribution in [3.05, 3.63) is 48.0 Å². The first-order valence-corrected chi connectivity index (χ1v) is 8.65. The van der Waals surface area contributed by atoms with Crippen LogP contribution in [0.15, 0.2) is 42.5 Å². The Morgan fingerprint density at radius 1 is 0.963 bits per heavy atom. The summed E-state index contributed by atoms with van der Waals surface area (Å²) in [5.41, 5.74) is 1.59. The Hall–Kier alpha value is -3.15. The molecule has 0 aromatic heterocycles. The number of hydrogen-bond acceptors (Lipinski definition) is 5. The van der Waals surface area contributed by atoms with E-state index in [9.17, 15) is 4.79 Å². The van der Waals surface area contributed by atoms with Crippen LogP contribution in [-0.4, -0.2) is 33.3 Å². The molecule has 2 rings (SSSR count). The van der Waals surface area contributed by atoms with Gasteiger partial charge in [-0.1, -0.05) is 18.2 Å². The highest BCUT2D eigenvalue weighted by Crippen LogP contribution is 2.31. The van der Waals surface area contributed by atoms with Gasteiger partial charge < -0.3 is 24.3 Å². The highest BCUT2D eigenvalue weighted by Gasteiger charge is 2.10. The van der Waals surface area contributed by atoms with Crippen molar-refractivity contribution < 1.29 is 23.7 Å². The molecule has 0 aliphatic carbocycles. The van der Waals surface area contributed by atoms with Crippen LogP contribution in [0.3, 0.4) is 0 Å². The number of carbonyl (C=O) groups is 1. The van der Waals surface area contributed by atoms with Gasteiger partial charge in [-0.2, -0.15) is 0 Å². The van der Waals surface area contributed by atoms with E-state index >= 15 is 0 Å². The third-order valence-electron chi connectivity index (χ3n) is 3.65. The van der Waals surface area contributed by atoms with Crippen molar-refractivity contribution in [2.45, 2.75) is 13.8 Å². The van der Waals surface area contributed by atoms with Crippen molar-refractivity contribution in [1.29, 1.82) is 0 Å². The molecule has 27 heavy (non-hydrogen) atoms. The Morgan fingerprint density at radius 2 is 1.63 bits per heavy atom. The van der Waals surface area contributed by atoms with Crippen LogP contribution in [0.1, 0.15) is 19.4 Å². The third kappa shape index (κ3) is 5.67. The van der Waals surface area contributed by atoms with Gasteiger partial charge in [-0.25, -0.2) is 0 Å². The van der Waals surface area contributed by atoms with E-state index in [0.717, 1.165) is 5.56 Å². The van der Waals surface area contributed by atoms with Crippen LogP contribution in [0.2, 0.25) is 0 Å². The number of ether oxygens (including phenoxy) is 4. The number of carbonyl (C=O) groups excluding carboxylic acids is 1. The molecule has 2 aromatic carbocycles. The van der Waals surface area contributed by atoms with Crippen molar-refractivity contribution in [1.82, 2.24) is 0 Å². The third-order valence-corrected chi connectivity index (χ3v) is 3.65. The Kier molecular flexibility index (Phi) is 7.55. The Morgan fingerprint density at radius 3 is 2.30 bits per heavy atom. The van der Waals surface area contributed by atoms with E-state index in [1.165, 1.54) is 0 Å². The molecule has 0 bridgehead atoms. The second-order valence-corrected chi connectivity index (χ2v) is 5.55. The van der Waals surface area contributed by atoms with Crippen molar-refractivity contribution in [3.8, 4) is 23.0 Å². The van der Waals surface area contributed by atoms with Gasteiger partial charge in [0.25, 0.3) is 5.91 Å². The zero-order chi connectivity index (χ0) is 19.6. The fourth-order valence-electron chi connectivity index (χ4n) is 2.46. The number of benzene rings is 2. The molecular formula is C21H25NO5. The van der Waals surface area contributed by atoms with E-state index in [4.69, 9.17) is 18.9 Å². The number of nitrogens with one attached hydrogen (secondary N) is 1. The summed E-state index contributed by atoms with van der Waals surface area (Å²) in [5.74, 6) is 1.96. The summed E-state index contributed by atoms with van der Waals surface area (Å²) in [7, 11) is 3.12. The van der Waals surface area contributed by atoms with Gasteiger partial charge in [0.05, 0.1) is 20.8 Å². The predicted octanol–water partition coefficient (Wildman–Crippen LogP) is 4.15. The standard InChI is InChI=1S/C21H25NO5/c1-5-7-15-8-10-18(19(12-15)24-3)27-14-21(23)22-16-9-11-17(26-6-2)20(13-16)25-4/h5,7-13H,6,14H2,1-4H3,(H,22,23)/b7-5+. The lowest BCUT2D eigenvalue weighted by molar-refractivity contribution is -0.118. The lowest BCUT2D eigenvalue weighted by Crippen LogP contribution is -2.20. The van der Waals surface area contributed by atoms with Gasteiger partial charge in [0.2, 0.25) is 0 Å². The average Bonchev–Trinajstić information content (AvgIpc) is 2.68. The minimum atomic E-state index is -0.291. The van der Waals surface area contributed by atoms with Gasteiger partial charge in [-0.3, -0.25) is 4.79 Å². The van der Waals surface area contributed by atoms with Crippen LogP contribution < -0.4 is 24.3 Å². The highest BCUT2D eigenvalue weighted by atomic mass is 16.5. The maximum absolute atomic E-state index is 12.2. The number of hydrogen-bond donors (Lipinski definition) is 1. The van der Waals surface area contributed by atoms with Crippen molar-refractivity contribution in [3.63, 3.8) is 0 Å². The minimum Gasteiger partial charge on any atom is -0.493 e. The second-order valence-electron chi connectivity index (χ2n) is 5.55. The van der Waals surface area contributed by atoms with E-state index in [-0.39, 0.29) is 12.5 Å². The molecule has 0 spiro atoms. The fourth-order valence-corrected chi connectivity index (χ4v) is 2.46. The van der Waals surface area contributed by atoms with Crippen LogP contribution in [0.4, 0.5) is 5.69 Å². The zero-order valence-corrected chi connectivity index (χ0v) is 16.1. The van der Waals surface area contributed by atoms with Crippen LogP contribution in [-0.2, 0) is 4.79 Å². The summed E-state index contributed by atoms with van der Waals surface area (Å²) in [6, 6.07) is 10.7. The smallest absolute Gasteiger partial charge is 0.262 e. The maximum Gasteiger partial charge on any atom is 0.262 e. The molecule has 0 fully saturated rings. The Bertz CT molecular complexity index is 801. The molecule has 0 saturated carbocycles. The first-order valence-electron chi connectivity index (χ1n) is 8.65. The van der Waals surface area contributed by atoms with Crippen molar-refractivity contribution in [2.24, 2.45) is 0 Å². The second kappa shape index (κ2) is 10.1. The summed E-state index contributed by atoms with van der Waals surface area (Å²) in [5, 5.41) is 2.77. The largest absolute Gasteiger partial charge is 0.493 e. The molecule has 6 nitrogen and oxygen atoms in total. The molecule has 0 aliphatic rings. The number of rotatable bonds is 9. The number of methoxy groups -OCH3 is 2. The van der Waals surface area contributed by atoms with Crippen molar-refractivity contribution >= 4 is 17.7 Å². The first kappa shape index (κ1) is 20.2. The van der Waals surface area contributed by atoms with Crippen LogP contribution in [0.5, 0.6) is 23.0 Å². The SMILES string of the molecule is C/C=C/c1ccc(OCC(=O)Nc2ccc(OCC)c(OC)c2)c(OC)c1. The lowest BCUT2D eigenvalue weighted by Gasteiger charge is -2.13. The van der Waals surface area contributed by atoms with E-state index in [0.29, 0.717) is 35.3 Å². The van der Waals surface area contributed by atoms with Gasteiger partial charge in [-0.15, -0.1) is 0 Å². The molecule has 0 aliphatic heterocycles. The van der Waals surface area contributed by atoms with Gasteiger partial charge in [-0.05, 0) is 43.7 Å². The minimum absolute atomic E-state index is 0.144. The fraction of sp³-hybridized carbons (Fsp3) is 0.286. The highest BCUT2D eigenvalue weighted by molar-refractivity contribution is 5.92. The van der Waals surface area contributed by atoms with Gasteiger partial charge in [0.15, 0.2) is 29.6 Å². The quantitative estimate of drug-likeness (QED) is 0.717. The molecule has 1 amide bonds. The van der Waals surface area contributed by atoms with Gasteiger partial charge in [0, 0.05) is 11.8 Å². The molecule has 0 atom stereocenters. The van der Waals surface area contributed by atoms with Crippen molar-refractivity contribution in [2.75, 3.05) is 32.8 Å². The Labute approximate surface area is 159 Å². The molecule has 144 valence electrons. The summed E-state index contributed by atoms with van der Waals surface area (Å²) >= 11 is 0. The summed E-state index contributed by atoms with van der Waals surface area (Å²) in [6.07, 6.45) is 3.89. The maximum atomic E-state index is 12.2. The zero-order valence-electron chi connectivity index (χ0n) is 16.1. The molecule has 6 heteroatoms. The van der Waals surface area contributed by atoms with Crippen LogP contribution >= 0.6 is 0 Å². The predicted molar refractivity (Wildman–Crippen MR) is 106 cm³/mol. The Balaban J connectivity index is 2.00. The average molecular weight is 371 g/mol. The lowest BCUT2D eigenvalue weighted by atomic mass is 10.2. The topological polar surface area (TPSA) is 66.0 Å². The first-order chi connectivity index (χ1) is 13.1. The number of anilines is 1. The van der Waals surface area contributed by atoms with E-state index < -0.39 is 0 Å². The van der Waals surface area contributed by atoms with E-state index in [2.05, 4.69) is 5.32 Å². The molecule has 2 aromatic rings. The van der Waals surface area contributed by atoms with E-state index in [1.807, 2.05) is 38.1 Å². The molecule has 0 heterocycles. The molecule has 0 radical (unpaired) electrons. The van der Waals surface area contributed by atoms with Gasteiger partial charge in [0.1, 0.15) is 0 Å². The summed E-state index contributed by atoms with van der Waals surface area (Å²) < 4.78 is 21.7.